The number of carboxylic acids is 1. The van der Waals surface area contributed by atoms with Crippen molar-refractivity contribution in [2.45, 2.75) is 37.3 Å². The van der Waals surface area contributed by atoms with Gasteiger partial charge in [-0.15, -0.1) is 6.58 Å². The minimum absolute atomic E-state index is 0.00598. The third-order valence-corrected chi connectivity index (χ3v) is 4.38. The number of hydrogen-bond donors (Lipinski definition) is 1. The second-order valence-electron chi connectivity index (χ2n) is 6.18. The molecule has 1 aromatic rings. The summed E-state index contributed by atoms with van der Waals surface area (Å²) in [6.45, 7) is 5.32. The second-order valence-corrected chi connectivity index (χ2v) is 6.18. The Labute approximate surface area is 159 Å². The molecule has 2 fully saturated rings. The van der Waals surface area contributed by atoms with Crippen molar-refractivity contribution < 1.29 is 37.3 Å². The molecular weight excluding hydrogens is 381 g/mol. The molecule has 2 aliphatic rings. The molecule has 154 valence electrons. The summed E-state index contributed by atoms with van der Waals surface area (Å²) in [5, 5.41) is 7.12. The standard InChI is InChI=1S/C16H20N2O3.C2HF3O2/c1-2-9-21-15-13-5-6-14(15)20-10-8-18(13)16(19)12-4-3-7-17-11-12;3-2(4,5)1(6)7/h2-4,7,11,13-15H,1,5-6,8-10H2;(H,6,7). The summed E-state index contributed by atoms with van der Waals surface area (Å²) in [7, 11) is 0. The largest absolute Gasteiger partial charge is 0.490 e. The molecule has 0 radical (unpaired) electrons. The Kier molecular flexibility index (Phi) is 7.53. The molecule has 2 bridgehead atoms. The molecule has 1 N–H and O–H groups in total. The quantitative estimate of drug-likeness (QED) is 0.778. The minimum Gasteiger partial charge on any atom is -0.475 e. The number of aromatic nitrogens is 1. The van der Waals surface area contributed by atoms with Crippen LogP contribution in [0.1, 0.15) is 23.2 Å². The first-order chi connectivity index (χ1) is 13.3. The molecule has 7 nitrogen and oxygen atoms in total. The number of nitrogens with zero attached hydrogens (tertiary/aromatic N) is 2. The molecule has 3 rings (SSSR count). The summed E-state index contributed by atoms with van der Waals surface area (Å²) >= 11 is 0. The molecule has 28 heavy (non-hydrogen) atoms. The average Bonchev–Trinajstić information content (AvgIpc) is 2.95. The van der Waals surface area contributed by atoms with Crippen LogP contribution in [0.2, 0.25) is 0 Å². The fourth-order valence-electron chi connectivity index (χ4n) is 3.20. The fourth-order valence-corrected chi connectivity index (χ4v) is 3.20. The van der Waals surface area contributed by atoms with E-state index in [1.807, 2.05) is 4.90 Å². The van der Waals surface area contributed by atoms with Crippen molar-refractivity contribution >= 4 is 11.9 Å². The maximum absolute atomic E-state index is 12.7. The number of fused-ring (bicyclic) bond motifs is 2. The Balaban J connectivity index is 0.000000345. The van der Waals surface area contributed by atoms with Crippen molar-refractivity contribution in [2.24, 2.45) is 0 Å². The summed E-state index contributed by atoms with van der Waals surface area (Å²) in [5.74, 6) is -2.75. The van der Waals surface area contributed by atoms with Crippen LogP contribution in [0.3, 0.4) is 0 Å². The molecule has 1 aliphatic heterocycles. The first-order valence-corrected chi connectivity index (χ1v) is 8.61. The SMILES string of the molecule is C=CCOC1C2CCC1N(C(=O)c1cccnc1)CCO2.O=C(O)C(F)(F)F. The molecule has 1 saturated heterocycles. The van der Waals surface area contributed by atoms with Crippen molar-refractivity contribution in [3.8, 4) is 0 Å². The van der Waals surface area contributed by atoms with E-state index in [9.17, 15) is 18.0 Å². The lowest BCUT2D eigenvalue weighted by Gasteiger charge is -2.31. The molecule has 3 unspecified atom stereocenters. The Morgan fingerprint density at radius 2 is 2.14 bits per heavy atom. The lowest BCUT2D eigenvalue weighted by molar-refractivity contribution is -0.192. The number of carboxylic acid groups (broad SMARTS) is 1. The Hall–Kier alpha value is -2.46. The molecular formula is C18H21F3N2O5. The molecule has 3 atom stereocenters. The third-order valence-electron chi connectivity index (χ3n) is 4.38. The normalized spacial score (nSPS) is 24.0. The smallest absolute Gasteiger partial charge is 0.475 e. The molecule has 1 saturated carbocycles. The monoisotopic (exact) mass is 402 g/mol. The van der Waals surface area contributed by atoms with Gasteiger partial charge in [-0.1, -0.05) is 6.08 Å². The van der Waals surface area contributed by atoms with Crippen LogP contribution in [0.15, 0.2) is 37.2 Å². The maximum Gasteiger partial charge on any atom is 0.490 e. The Morgan fingerprint density at radius 3 is 2.71 bits per heavy atom. The van der Waals surface area contributed by atoms with Gasteiger partial charge in [-0.05, 0) is 25.0 Å². The minimum atomic E-state index is -5.08. The highest BCUT2D eigenvalue weighted by Gasteiger charge is 2.44. The van der Waals surface area contributed by atoms with Gasteiger partial charge in [0.2, 0.25) is 0 Å². The van der Waals surface area contributed by atoms with E-state index in [1.54, 1.807) is 30.6 Å². The van der Waals surface area contributed by atoms with E-state index < -0.39 is 12.1 Å². The van der Waals surface area contributed by atoms with Crippen molar-refractivity contribution in [3.05, 3.63) is 42.7 Å². The highest BCUT2D eigenvalue weighted by atomic mass is 19.4. The van der Waals surface area contributed by atoms with E-state index in [2.05, 4.69) is 11.6 Å². The zero-order valence-corrected chi connectivity index (χ0v) is 15.0. The maximum atomic E-state index is 12.7. The van der Waals surface area contributed by atoms with Crippen molar-refractivity contribution in [2.75, 3.05) is 19.8 Å². The summed E-state index contributed by atoms with van der Waals surface area (Å²) in [6.07, 6.45) is 1.80. The second kappa shape index (κ2) is 9.65. The average molecular weight is 402 g/mol. The van der Waals surface area contributed by atoms with Gasteiger partial charge in [0.1, 0.15) is 6.10 Å². The summed E-state index contributed by atoms with van der Waals surface area (Å²) in [4.78, 5) is 27.5. The number of pyridine rings is 1. The number of alkyl halides is 3. The predicted molar refractivity (Wildman–Crippen MR) is 91.7 cm³/mol. The molecule has 10 heteroatoms. The predicted octanol–water partition coefficient (Wildman–Crippen LogP) is 2.29. The summed E-state index contributed by atoms with van der Waals surface area (Å²) < 4.78 is 43.4. The zero-order chi connectivity index (χ0) is 20.7. The first kappa shape index (κ1) is 21.8. The van der Waals surface area contributed by atoms with Gasteiger partial charge in [-0.3, -0.25) is 9.78 Å². The van der Waals surface area contributed by atoms with E-state index >= 15 is 0 Å². The van der Waals surface area contributed by atoms with E-state index in [0.29, 0.717) is 25.3 Å². The molecule has 1 amide bonds. The number of rotatable bonds is 4. The summed E-state index contributed by atoms with van der Waals surface area (Å²) in [6, 6.07) is 3.66. The number of halogens is 3. The molecule has 2 heterocycles. The first-order valence-electron chi connectivity index (χ1n) is 8.61. The van der Waals surface area contributed by atoms with Crippen LogP contribution in [0.4, 0.5) is 13.2 Å². The zero-order valence-electron chi connectivity index (χ0n) is 15.0. The van der Waals surface area contributed by atoms with Gasteiger partial charge in [-0.2, -0.15) is 13.2 Å². The van der Waals surface area contributed by atoms with Gasteiger partial charge < -0.3 is 19.5 Å². The lowest BCUT2D eigenvalue weighted by Crippen LogP contribution is -2.46. The van der Waals surface area contributed by atoms with Crippen LogP contribution >= 0.6 is 0 Å². The third kappa shape index (κ3) is 5.52. The lowest BCUT2D eigenvalue weighted by atomic mass is 10.1. The number of carbonyl (C=O) groups is 2. The van der Waals surface area contributed by atoms with Crippen LogP contribution in [0, 0.1) is 0 Å². The van der Waals surface area contributed by atoms with Gasteiger partial charge in [-0.25, -0.2) is 4.79 Å². The van der Waals surface area contributed by atoms with Crippen LogP contribution in [0.25, 0.3) is 0 Å². The van der Waals surface area contributed by atoms with Crippen molar-refractivity contribution in [3.63, 3.8) is 0 Å². The fraction of sp³-hybridized carbons (Fsp3) is 0.500. The number of amides is 1. The highest BCUT2D eigenvalue weighted by Crippen LogP contribution is 2.32. The van der Waals surface area contributed by atoms with E-state index in [4.69, 9.17) is 19.4 Å². The van der Waals surface area contributed by atoms with Crippen molar-refractivity contribution in [1.29, 1.82) is 0 Å². The van der Waals surface area contributed by atoms with E-state index in [-0.39, 0.29) is 24.2 Å². The number of hydrogen-bond acceptors (Lipinski definition) is 5. The Bertz CT molecular complexity index is 684. The van der Waals surface area contributed by atoms with Crippen LogP contribution in [-0.2, 0) is 14.3 Å². The van der Waals surface area contributed by atoms with Crippen LogP contribution in [0.5, 0.6) is 0 Å². The van der Waals surface area contributed by atoms with E-state index in [1.165, 1.54) is 0 Å². The van der Waals surface area contributed by atoms with Gasteiger partial charge in [0.05, 0.1) is 30.9 Å². The van der Waals surface area contributed by atoms with Gasteiger partial charge in [0, 0.05) is 18.9 Å². The Morgan fingerprint density at radius 1 is 1.43 bits per heavy atom. The van der Waals surface area contributed by atoms with Crippen LogP contribution < -0.4 is 0 Å². The van der Waals surface area contributed by atoms with Gasteiger partial charge in [0.25, 0.3) is 5.91 Å². The molecule has 1 aromatic heterocycles. The number of ether oxygens (including phenoxy) is 2. The number of carbonyl (C=O) groups excluding carboxylic acids is 1. The summed E-state index contributed by atoms with van der Waals surface area (Å²) in [5.41, 5.74) is 0.616. The number of aliphatic carboxylic acids is 1. The van der Waals surface area contributed by atoms with Crippen LogP contribution in [-0.4, -0.2) is 71.1 Å². The highest BCUT2D eigenvalue weighted by molar-refractivity contribution is 5.94. The van der Waals surface area contributed by atoms with E-state index in [0.717, 1.165) is 12.8 Å². The molecule has 0 aromatic carbocycles. The van der Waals surface area contributed by atoms with Gasteiger partial charge >= 0.3 is 12.1 Å². The van der Waals surface area contributed by atoms with Gasteiger partial charge in [0.15, 0.2) is 0 Å². The topological polar surface area (TPSA) is 89.0 Å². The molecule has 0 spiro atoms. The van der Waals surface area contributed by atoms with Crippen molar-refractivity contribution in [1.82, 2.24) is 9.88 Å². The molecule has 1 aliphatic carbocycles.